The third kappa shape index (κ3) is 3.20. The van der Waals surface area contributed by atoms with Crippen molar-refractivity contribution in [2.45, 2.75) is 19.4 Å². The van der Waals surface area contributed by atoms with E-state index in [9.17, 15) is 5.26 Å². The van der Waals surface area contributed by atoms with E-state index in [0.717, 1.165) is 73.4 Å². The highest BCUT2D eigenvalue weighted by molar-refractivity contribution is 5.88. The van der Waals surface area contributed by atoms with E-state index in [-0.39, 0.29) is 6.04 Å². The van der Waals surface area contributed by atoms with Crippen LogP contribution in [-0.4, -0.2) is 70.9 Å². The molecule has 3 aromatic rings. The van der Waals surface area contributed by atoms with Gasteiger partial charge in [-0.05, 0) is 32.5 Å². The van der Waals surface area contributed by atoms with E-state index in [1.54, 1.807) is 0 Å². The van der Waals surface area contributed by atoms with Crippen molar-refractivity contribution in [2.75, 3.05) is 51.3 Å². The molecule has 1 aromatic carbocycles. The Morgan fingerprint density at radius 1 is 1.10 bits per heavy atom. The SMILES string of the molecule is Cc1nc(N2CCN(C)CC2)c2nc(-c3ccccc3C#N)n([C@H]3CCOC3)c2n1. The molecule has 0 bridgehead atoms. The van der Waals surface area contributed by atoms with Crippen LogP contribution in [0.25, 0.3) is 22.6 Å². The van der Waals surface area contributed by atoms with Gasteiger partial charge >= 0.3 is 0 Å². The molecule has 2 saturated heterocycles. The molecule has 0 radical (unpaired) electrons. The van der Waals surface area contributed by atoms with Gasteiger partial charge in [-0.25, -0.2) is 15.0 Å². The number of hydrogen-bond donors (Lipinski definition) is 0. The van der Waals surface area contributed by atoms with Crippen molar-refractivity contribution < 1.29 is 4.74 Å². The molecule has 2 aliphatic rings. The molecule has 4 heterocycles. The maximum atomic E-state index is 9.69. The summed E-state index contributed by atoms with van der Waals surface area (Å²) in [6, 6.07) is 10.1. The zero-order valence-electron chi connectivity index (χ0n) is 17.4. The molecule has 1 atom stereocenters. The molecule has 2 aromatic heterocycles. The molecule has 8 nitrogen and oxygen atoms in total. The number of imidazole rings is 1. The van der Waals surface area contributed by atoms with Gasteiger partial charge in [0.05, 0.1) is 24.3 Å². The van der Waals surface area contributed by atoms with Gasteiger partial charge in [-0.1, -0.05) is 12.1 Å². The van der Waals surface area contributed by atoms with Crippen LogP contribution in [0.1, 0.15) is 23.9 Å². The molecule has 2 fully saturated rings. The average molecular weight is 403 g/mol. The smallest absolute Gasteiger partial charge is 0.166 e. The predicted octanol–water partition coefficient (Wildman–Crippen LogP) is 2.39. The van der Waals surface area contributed by atoms with Crippen molar-refractivity contribution in [3.63, 3.8) is 0 Å². The summed E-state index contributed by atoms with van der Waals surface area (Å²) in [4.78, 5) is 19.3. The van der Waals surface area contributed by atoms with Gasteiger partial charge < -0.3 is 19.1 Å². The Labute approximate surface area is 175 Å². The first-order valence-electron chi connectivity index (χ1n) is 10.4. The van der Waals surface area contributed by atoms with Crippen LogP contribution >= 0.6 is 0 Å². The van der Waals surface area contributed by atoms with Crippen molar-refractivity contribution in [3.8, 4) is 17.5 Å². The Bertz CT molecular complexity index is 1120. The first-order chi connectivity index (χ1) is 14.7. The van der Waals surface area contributed by atoms with Gasteiger partial charge in [-0.3, -0.25) is 0 Å². The normalized spacial score (nSPS) is 20.0. The Morgan fingerprint density at radius 3 is 2.63 bits per heavy atom. The number of benzene rings is 1. The fourth-order valence-corrected chi connectivity index (χ4v) is 4.34. The Balaban J connectivity index is 1.74. The molecule has 0 saturated carbocycles. The molecule has 154 valence electrons. The number of anilines is 1. The van der Waals surface area contributed by atoms with Crippen molar-refractivity contribution in [2.24, 2.45) is 0 Å². The number of nitriles is 1. The van der Waals surface area contributed by atoms with Crippen LogP contribution in [0.5, 0.6) is 0 Å². The van der Waals surface area contributed by atoms with Gasteiger partial charge in [-0.15, -0.1) is 0 Å². The van der Waals surface area contributed by atoms with Gasteiger partial charge in [0.25, 0.3) is 0 Å². The fourth-order valence-electron chi connectivity index (χ4n) is 4.34. The molecule has 2 aliphatic heterocycles. The molecule has 0 unspecified atom stereocenters. The summed E-state index contributed by atoms with van der Waals surface area (Å²) in [6.07, 6.45) is 0.903. The summed E-state index contributed by atoms with van der Waals surface area (Å²) in [5, 5.41) is 9.69. The second-order valence-electron chi connectivity index (χ2n) is 8.04. The van der Waals surface area contributed by atoms with Crippen LogP contribution in [0.4, 0.5) is 5.82 Å². The molecule has 0 spiro atoms. The van der Waals surface area contributed by atoms with Gasteiger partial charge in [0.15, 0.2) is 17.0 Å². The van der Waals surface area contributed by atoms with Crippen molar-refractivity contribution >= 4 is 17.0 Å². The maximum Gasteiger partial charge on any atom is 0.166 e. The Morgan fingerprint density at radius 2 is 1.90 bits per heavy atom. The lowest BCUT2D eigenvalue weighted by molar-refractivity contribution is 0.187. The zero-order chi connectivity index (χ0) is 20.7. The fraction of sp³-hybridized carbons (Fsp3) is 0.455. The van der Waals surface area contributed by atoms with E-state index in [4.69, 9.17) is 19.7 Å². The first kappa shape index (κ1) is 19.0. The molecule has 30 heavy (non-hydrogen) atoms. The van der Waals surface area contributed by atoms with Crippen LogP contribution in [0.3, 0.4) is 0 Å². The van der Waals surface area contributed by atoms with Crippen molar-refractivity contribution in [1.29, 1.82) is 5.26 Å². The minimum atomic E-state index is 0.145. The summed E-state index contributed by atoms with van der Waals surface area (Å²) < 4.78 is 7.87. The van der Waals surface area contributed by atoms with Crippen molar-refractivity contribution in [1.82, 2.24) is 24.4 Å². The second kappa shape index (κ2) is 7.67. The number of nitrogens with zero attached hydrogens (tertiary/aromatic N) is 7. The number of aromatic nitrogens is 4. The lowest BCUT2D eigenvalue weighted by Crippen LogP contribution is -2.45. The number of likely N-dealkylation sites (N-methyl/N-ethyl adjacent to an activating group) is 1. The summed E-state index contributed by atoms with van der Waals surface area (Å²) >= 11 is 0. The van der Waals surface area contributed by atoms with E-state index in [0.29, 0.717) is 12.2 Å². The van der Waals surface area contributed by atoms with Crippen LogP contribution in [0.2, 0.25) is 0 Å². The second-order valence-corrected chi connectivity index (χ2v) is 8.04. The van der Waals surface area contributed by atoms with Crippen LogP contribution in [0, 0.1) is 18.3 Å². The Kier molecular flexibility index (Phi) is 4.85. The van der Waals surface area contributed by atoms with Gasteiger partial charge in [-0.2, -0.15) is 5.26 Å². The monoisotopic (exact) mass is 403 g/mol. The lowest BCUT2D eigenvalue weighted by Gasteiger charge is -2.33. The van der Waals surface area contributed by atoms with Crippen LogP contribution in [0.15, 0.2) is 24.3 Å². The van der Waals surface area contributed by atoms with E-state index < -0.39 is 0 Å². The summed E-state index contributed by atoms with van der Waals surface area (Å²) in [7, 11) is 2.14. The highest BCUT2D eigenvalue weighted by Gasteiger charge is 2.29. The molecular formula is C22H25N7O. The van der Waals surface area contributed by atoms with Crippen LogP contribution < -0.4 is 4.90 Å². The van der Waals surface area contributed by atoms with E-state index >= 15 is 0 Å². The number of piperazine rings is 1. The molecule has 0 aliphatic carbocycles. The molecule has 0 amide bonds. The largest absolute Gasteiger partial charge is 0.379 e. The summed E-state index contributed by atoms with van der Waals surface area (Å²) in [5.74, 6) is 2.39. The quantitative estimate of drug-likeness (QED) is 0.664. The predicted molar refractivity (Wildman–Crippen MR) is 114 cm³/mol. The van der Waals surface area contributed by atoms with Gasteiger partial charge in [0, 0.05) is 38.3 Å². The number of aryl methyl sites for hydroxylation is 1. The third-order valence-corrected chi connectivity index (χ3v) is 6.00. The first-order valence-corrected chi connectivity index (χ1v) is 10.4. The molecule has 0 N–H and O–H groups in total. The highest BCUT2D eigenvalue weighted by atomic mass is 16.5. The molecule has 8 heteroatoms. The average Bonchev–Trinajstić information content (AvgIpc) is 3.41. The number of ether oxygens (including phenoxy) is 1. The minimum absolute atomic E-state index is 0.145. The molecule has 5 rings (SSSR count). The van der Waals surface area contributed by atoms with Crippen LogP contribution in [-0.2, 0) is 4.74 Å². The standard InChI is InChI=1S/C22H25N7O/c1-15-24-21(28-10-8-27(2)9-11-28)19-22(25-15)29(17-7-12-30-14-17)20(26-19)18-6-4-3-5-16(18)13-23/h3-6,17H,7-12,14H2,1-2H3/t17-/m0/s1. The van der Waals surface area contributed by atoms with E-state index in [1.165, 1.54) is 0 Å². The Hall–Kier alpha value is -3.02. The highest BCUT2D eigenvalue weighted by Crippen LogP contribution is 2.35. The lowest BCUT2D eigenvalue weighted by atomic mass is 10.1. The van der Waals surface area contributed by atoms with Gasteiger partial charge in [0.2, 0.25) is 0 Å². The topological polar surface area (TPSA) is 83.1 Å². The number of hydrogen-bond acceptors (Lipinski definition) is 7. The zero-order valence-corrected chi connectivity index (χ0v) is 17.4. The number of fused-ring (bicyclic) bond motifs is 1. The third-order valence-electron chi connectivity index (χ3n) is 6.00. The number of rotatable bonds is 3. The maximum absolute atomic E-state index is 9.69. The van der Waals surface area contributed by atoms with E-state index in [1.807, 2.05) is 31.2 Å². The van der Waals surface area contributed by atoms with Crippen molar-refractivity contribution in [3.05, 3.63) is 35.7 Å². The van der Waals surface area contributed by atoms with Gasteiger partial charge in [0.1, 0.15) is 11.6 Å². The summed E-state index contributed by atoms with van der Waals surface area (Å²) in [6.45, 7) is 7.08. The summed E-state index contributed by atoms with van der Waals surface area (Å²) in [5.41, 5.74) is 3.07. The molecular weight excluding hydrogens is 378 g/mol. The minimum Gasteiger partial charge on any atom is -0.379 e. The van der Waals surface area contributed by atoms with E-state index in [2.05, 4.69) is 27.5 Å².